The van der Waals surface area contributed by atoms with Gasteiger partial charge in [-0.3, -0.25) is 4.79 Å². The van der Waals surface area contributed by atoms with E-state index in [2.05, 4.69) is 0 Å². The molecule has 17 heavy (non-hydrogen) atoms. The normalized spacial score (nSPS) is 14.6. The highest BCUT2D eigenvalue weighted by molar-refractivity contribution is 5.92. The molecule has 0 saturated heterocycles. The van der Waals surface area contributed by atoms with Gasteiger partial charge in [0.25, 0.3) is 0 Å². The number of benzene rings is 1. The van der Waals surface area contributed by atoms with Crippen molar-refractivity contribution in [2.24, 2.45) is 5.73 Å². The first-order valence-electron chi connectivity index (χ1n) is 5.32. The van der Waals surface area contributed by atoms with Crippen molar-refractivity contribution in [3.63, 3.8) is 0 Å². The van der Waals surface area contributed by atoms with Gasteiger partial charge in [-0.15, -0.1) is 0 Å². The molecule has 0 aromatic heterocycles. The van der Waals surface area contributed by atoms with Crippen LogP contribution in [0.4, 0.5) is 4.39 Å². The molecular formula is C13H13FN2O. The lowest BCUT2D eigenvalue weighted by Gasteiger charge is -2.20. The highest BCUT2D eigenvalue weighted by Gasteiger charge is 2.09. The van der Waals surface area contributed by atoms with Crippen molar-refractivity contribution in [3.05, 3.63) is 59.7 Å². The minimum absolute atomic E-state index is 0.253. The molecule has 88 valence electrons. The molecule has 0 saturated carbocycles. The summed E-state index contributed by atoms with van der Waals surface area (Å²) in [4.78, 5) is 12.9. The first-order chi connectivity index (χ1) is 8.15. The van der Waals surface area contributed by atoms with E-state index in [0.29, 0.717) is 18.5 Å². The highest BCUT2D eigenvalue weighted by Crippen LogP contribution is 2.15. The molecule has 0 bridgehead atoms. The number of nitrogens with zero attached hydrogens (tertiary/aromatic N) is 1. The van der Waals surface area contributed by atoms with Crippen molar-refractivity contribution >= 4 is 5.91 Å². The van der Waals surface area contributed by atoms with Crippen LogP contribution in [-0.4, -0.2) is 10.8 Å². The van der Waals surface area contributed by atoms with Crippen LogP contribution in [0.25, 0.3) is 0 Å². The van der Waals surface area contributed by atoms with Gasteiger partial charge in [-0.05, 0) is 24.1 Å². The van der Waals surface area contributed by atoms with Crippen LogP contribution in [0.1, 0.15) is 12.0 Å². The van der Waals surface area contributed by atoms with Crippen molar-refractivity contribution in [3.8, 4) is 0 Å². The number of allylic oxidation sites excluding steroid dienone is 1. The maximum Gasteiger partial charge on any atom is 0.246 e. The lowest BCUT2D eigenvalue weighted by Crippen LogP contribution is -2.20. The number of nitrogens with two attached hydrogens (primary N) is 1. The standard InChI is InChI=1S/C13H13FN2O/c14-12-5-3-10(4-6-12)8-16-7-1-2-11(9-16)13(15)17/h1,3-7,9H,2,8H2,(H2,15,17). The fourth-order valence-corrected chi connectivity index (χ4v) is 1.67. The van der Waals surface area contributed by atoms with E-state index in [1.807, 2.05) is 17.2 Å². The number of carbonyl (C=O) groups excluding carboxylic acids is 1. The van der Waals surface area contributed by atoms with E-state index < -0.39 is 5.91 Å². The van der Waals surface area contributed by atoms with E-state index in [0.717, 1.165) is 5.56 Å². The molecule has 1 heterocycles. The summed E-state index contributed by atoms with van der Waals surface area (Å²) in [6.45, 7) is 0.591. The van der Waals surface area contributed by atoms with Gasteiger partial charge in [-0.25, -0.2) is 4.39 Å². The summed E-state index contributed by atoms with van der Waals surface area (Å²) in [5.41, 5.74) is 6.77. The van der Waals surface area contributed by atoms with Gasteiger partial charge in [0.05, 0.1) is 0 Å². The molecule has 4 heteroatoms. The van der Waals surface area contributed by atoms with Crippen LogP contribution in [0.2, 0.25) is 0 Å². The summed E-state index contributed by atoms with van der Waals surface area (Å²) < 4.78 is 12.7. The number of hydrogen-bond donors (Lipinski definition) is 1. The molecule has 0 spiro atoms. The van der Waals surface area contributed by atoms with Gasteiger partial charge in [0.1, 0.15) is 5.82 Å². The van der Waals surface area contributed by atoms with Gasteiger partial charge in [0.15, 0.2) is 0 Å². The summed E-state index contributed by atoms with van der Waals surface area (Å²) >= 11 is 0. The van der Waals surface area contributed by atoms with Crippen LogP contribution < -0.4 is 5.73 Å². The molecule has 0 radical (unpaired) electrons. The van der Waals surface area contributed by atoms with E-state index in [1.54, 1.807) is 18.3 Å². The van der Waals surface area contributed by atoms with Gasteiger partial charge in [0, 0.05) is 24.5 Å². The Labute approximate surface area is 99.0 Å². The van der Waals surface area contributed by atoms with Crippen molar-refractivity contribution < 1.29 is 9.18 Å². The average molecular weight is 232 g/mol. The zero-order valence-electron chi connectivity index (χ0n) is 9.27. The Morgan fingerprint density at radius 3 is 2.71 bits per heavy atom. The Kier molecular flexibility index (Phi) is 3.23. The van der Waals surface area contributed by atoms with Gasteiger partial charge in [-0.2, -0.15) is 0 Å². The summed E-state index contributed by atoms with van der Waals surface area (Å²) in [5, 5.41) is 0. The average Bonchev–Trinajstić information content (AvgIpc) is 2.32. The van der Waals surface area contributed by atoms with E-state index >= 15 is 0 Å². The first kappa shape index (κ1) is 11.4. The number of rotatable bonds is 3. The first-order valence-corrected chi connectivity index (χ1v) is 5.32. The SMILES string of the molecule is NC(=O)C1=CN(Cc2ccc(F)cc2)C=CC1. The van der Waals surface area contributed by atoms with Crippen molar-refractivity contribution in [2.75, 3.05) is 0 Å². The van der Waals surface area contributed by atoms with Gasteiger partial charge in [0.2, 0.25) is 5.91 Å². The molecule has 1 aliphatic heterocycles. The second-order valence-corrected chi connectivity index (χ2v) is 3.91. The van der Waals surface area contributed by atoms with Crippen LogP contribution in [0.3, 0.4) is 0 Å². The summed E-state index contributed by atoms with van der Waals surface area (Å²) in [6.07, 6.45) is 6.06. The fraction of sp³-hybridized carbons (Fsp3) is 0.154. The van der Waals surface area contributed by atoms with E-state index in [9.17, 15) is 9.18 Å². The van der Waals surface area contributed by atoms with Crippen LogP contribution >= 0.6 is 0 Å². The lowest BCUT2D eigenvalue weighted by molar-refractivity contribution is -0.114. The molecule has 1 aliphatic rings. The molecule has 2 N–H and O–H groups in total. The number of carbonyl (C=O) groups is 1. The largest absolute Gasteiger partial charge is 0.366 e. The maximum atomic E-state index is 12.7. The van der Waals surface area contributed by atoms with Crippen LogP contribution in [-0.2, 0) is 11.3 Å². The molecular weight excluding hydrogens is 219 g/mol. The molecule has 1 aromatic carbocycles. The number of hydrogen-bond acceptors (Lipinski definition) is 2. The molecule has 0 atom stereocenters. The maximum absolute atomic E-state index is 12.7. The fourth-order valence-electron chi connectivity index (χ4n) is 1.67. The highest BCUT2D eigenvalue weighted by atomic mass is 19.1. The predicted octanol–water partition coefficient (Wildman–Crippen LogP) is 1.91. The zero-order chi connectivity index (χ0) is 12.3. The summed E-state index contributed by atoms with van der Waals surface area (Å²) in [5.74, 6) is -0.658. The molecule has 1 amide bonds. The van der Waals surface area contributed by atoms with Crippen molar-refractivity contribution in [2.45, 2.75) is 13.0 Å². The van der Waals surface area contributed by atoms with E-state index in [-0.39, 0.29) is 5.82 Å². The van der Waals surface area contributed by atoms with Gasteiger partial charge < -0.3 is 10.6 Å². The third-order valence-corrected chi connectivity index (χ3v) is 2.55. The Hall–Kier alpha value is -2.10. The van der Waals surface area contributed by atoms with Gasteiger partial charge >= 0.3 is 0 Å². The number of amides is 1. The second kappa shape index (κ2) is 4.82. The van der Waals surface area contributed by atoms with Crippen molar-refractivity contribution in [1.29, 1.82) is 0 Å². The Balaban J connectivity index is 2.08. The van der Waals surface area contributed by atoms with Gasteiger partial charge in [-0.1, -0.05) is 18.2 Å². The molecule has 1 aromatic rings. The number of halogens is 1. The van der Waals surface area contributed by atoms with Crippen molar-refractivity contribution in [1.82, 2.24) is 4.90 Å². The molecule has 0 fully saturated rings. The molecule has 2 rings (SSSR count). The minimum atomic E-state index is -0.404. The molecule has 0 unspecified atom stereocenters. The Bertz CT molecular complexity index is 477. The zero-order valence-corrected chi connectivity index (χ0v) is 9.27. The van der Waals surface area contributed by atoms with E-state index in [1.165, 1.54) is 12.1 Å². The monoisotopic (exact) mass is 232 g/mol. The number of primary amides is 1. The van der Waals surface area contributed by atoms with E-state index in [4.69, 9.17) is 5.73 Å². The topological polar surface area (TPSA) is 46.3 Å². The third-order valence-electron chi connectivity index (χ3n) is 2.55. The minimum Gasteiger partial charge on any atom is -0.366 e. The summed E-state index contributed by atoms with van der Waals surface area (Å²) in [7, 11) is 0. The second-order valence-electron chi connectivity index (χ2n) is 3.91. The predicted molar refractivity (Wildman–Crippen MR) is 63.0 cm³/mol. The quantitative estimate of drug-likeness (QED) is 0.865. The third kappa shape index (κ3) is 2.93. The van der Waals surface area contributed by atoms with Crippen LogP contribution in [0.5, 0.6) is 0 Å². The summed E-state index contributed by atoms with van der Waals surface area (Å²) in [6, 6.07) is 6.27. The smallest absolute Gasteiger partial charge is 0.246 e. The Morgan fingerprint density at radius 2 is 2.06 bits per heavy atom. The molecule has 0 aliphatic carbocycles. The van der Waals surface area contributed by atoms with Crippen LogP contribution in [0, 0.1) is 5.82 Å². The lowest BCUT2D eigenvalue weighted by atomic mass is 10.1. The molecule has 3 nitrogen and oxygen atoms in total. The Morgan fingerprint density at radius 1 is 1.35 bits per heavy atom. The van der Waals surface area contributed by atoms with Crippen LogP contribution in [0.15, 0.2) is 48.3 Å².